The average Bonchev–Trinajstić information content (AvgIpc) is 3.11. The van der Waals surface area contributed by atoms with E-state index in [1.807, 2.05) is 6.07 Å². The first-order valence-corrected chi connectivity index (χ1v) is 16.2. The van der Waals surface area contributed by atoms with Gasteiger partial charge in [-0.15, -0.1) is 0 Å². The lowest BCUT2D eigenvalue weighted by molar-refractivity contribution is -0.354. The summed E-state index contributed by atoms with van der Waals surface area (Å²) in [6.07, 6.45) is -14.0. The number of ketones is 1. The normalized spacial score (nSPS) is 32.2. The number of ether oxygens (including phenoxy) is 6. The molecule has 0 unspecified atom stereocenters. The van der Waals surface area contributed by atoms with Gasteiger partial charge in [0.2, 0.25) is 6.29 Å². The van der Waals surface area contributed by atoms with Crippen LogP contribution in [-0.4, -0.2) is 116 Å². The first-order chi connectivity index (χ1) is 24.4. The summed E-state index contributed by atoms with van der Waals surface area (Å²) < 4.78 is 34.6. The van der Waals surface area contributed by atoms with Gasteiger partial charge < -0.3 is 64.2 Å². The highest BCUT2D eigenvalue weighted by Gasteiger charge is 2.51. The molecule has 3 aliphatic rings. The molecule has 0 radical (unpaired) electrons. The molecule has 0 aromatic heterocycles. The molecule has 51 heavy (non-hydrogen) atoms. The van der Waals surface area contributed by atoms with Crippen LogP contribution in [0.3, 0.4) is 0 Å². The molecule has 0 amide bonds. The third kappa shape index (κ3) is 8.01. The minimum atomic E-state index is -1.83. The quantitative estimate of drug-likeness (QED) is 0.122. The Morgan fingerprint density at radius 2 is 1.59 bits per heavy atom. The van der Waals surface area contributed by atoms with E-state index in [9.17, 15) is 45.3 Å². The van der Waals surface area contributed by atoms with Gasteiger partial charge in [0.05, 0.1) is 12.5 Å². The molecule has 0 bridgehead atoms. The van der Waals surface area contributed by atoms with Gasteiger partial charge in [-0.25, -0.2) is 4.79 Å². The van der Waals surface area contributed by atoms with Crippen LogP contribution in [-0.2, 0) is 23.7 Å². The molecular formula is C36H38O15. The Bertz CT molecular complexity index is 1710. The first-order valence-electron chi connectivity index (χ1n) is 16.2. The molecule has 3 heterocycles. The molecule has 7 N–H and O–H groups in total. The topological polar surface area (TPSA) is 231 Å². The van der Waals surface area contributed by atoms with Crippen LogP contribution in [0.2, 0.25) is 0 Å². The van der Waals surface area contributed by atoms with Crippen molar-refractivity contribution in [3.8, 4) is 23.0 Å². The number of phenolic OH excluding ortho intramolecular Hbond substituents is 2. The number of aliphatic hydroxyl groups excluding tert-OH is 5. The molecule has 11 atom stereocenters. The van der Waals surface area contributed by atoms with Gasteiger partial charge in [-0.05, 0) is 36.3 Å². The Morgan fingerprint density at radius 1 is 0.863 bits per heavy atom. The number of aromatic hydroxyl groups is 2. The molecule has 15 heteroatoms. The summed E-state index contributed by atoms with van der Waals surface area (Å²) in [7, 11) is 0. The second kappa shape index (κ2) is 15.3. The van der Waals surface area contributed by atoms with Crippen LogP contribution in [0.5, 0.6) is 23.0 Å². The van der Waals surface area contributed by atoms with Crippen molar-refractivity contribution in [3.63, 3.8) is 0 Å². The van der Waals surface area contributed by atoms with E-state index in [0.29, 0.717) is 5.56 Å². The van der Waals surface area contributed by atoms with E-state index < -0.39 is 91.6 Å². The SMILES string of the molecule is C[C@@H]1O[C@@H](O[C@H]2[C@H](Oc3cc(O)c4c(c3)O[C@H](c3ccc(O)cc3)CC4=O)O[C@H](COC(=O)/C=C/c3ccccc3)[C@@H](O)[C@@H]2O)[C@H](O)[C@H](O)[C@H]1O. The maximum Gasteiger partial charge on any atom is 0.330 e. The van der Waals surface area contributed by atoms with Crippen molar-refractivity contribution in [1.29, 1.82) is 0 Å². The van der Waals surface area contributed by atoms with Crippen molar-refractivity contribution in [2.75, 3.05) is 6.61 Å². The summed E-state index contributed by atoms with van der Waals surface area (Å²) in [5.41, 5.74) is 1.22. The Balaban J connectivity index is 1.24. The first kappa shape index (κ1) is 36.2. The summed E-state index contributed by atoms with van der Waals surface area (Å²) >= 11 is 0. The molecule has 15 nitrogen and oxygen atoms in total. The molecule has 6 rings (SSSR count). The van der Waals surface area contributed by atoms with E-state index in [4.69, 9.17) is 28.4 Å². The van der Waals surface area contributed by atoms with E-state index in [2.05, 4.69) is 0 Å². The predicted molar refractivity (Wildman–Crippen MR) is 173 cm³/mol. The number of hydrogen-bond donors (Lipinski definition) is 7. The van der Waals surface area contributed by atoms with Gasteiger partial charge in [0, 0.05) is 18.2 Å². The Kier molecular flexibility index (Phi) is 10.9. The maximum atomic E-state index is 13.1. The highest BCUT2D eigenvalue weighted by molar-refractivity contribution is 6.02. The standard InChI is InChI=1S/C36H38O15/c1-17-29(41)31(43)33(45)35(47-17)51-34-32(44)30(42)26(16-46-27(40)12-7-18-5-3-2-4-6-18)50-36(34)48-21-13-22(38)28-23(39)15-24(49-25(28)14-21)19-8-10-20(37)11-9-19/h2-14,17,24,26,29-38,41-45H,15-16H2,1H3/b12-7+/t17-,24-,26+,29-,30+,31+,32-,33+,34+,35-,36+/m0/s1. The fraction of sp³-hybridized carbons (Fsp3) is 0.389. The highest BCUT2D eigenvalue weighted by Crippen LogP contribution is 2.43. The Labute approximate surface area is 291 Å². The van der Waals surface area contributed by atoms with Gasteiger partial charge in [0.25, 0.3) is 0 Å². The van der Waals surface area contributed by atoms with Gasteiger partial charge in [0.15, 0.2) is 18.2 Å². The lowest BCUT2D eigenvalue weighted by atomic mass is 9.95. The van der Waals surface area contributed by atoms with Gasteiger partial charge in [0.1, 0.15) is 77.9 Å². The fourth-order valence-corrected chi connectivity index (χ4v) is 6.00. The van der Waals surface area contributed by atoms with Crippen molar-refractivity contribution >= 4 is 17.8 Å². The van der Waals surface area contributed by atoms with Gasteiger partial charge in [-0.3, -0.25) is 4.79 Å². The van der Waals surface area contributed by atoms with E-state index in [0.717, 1.165) is 11.6 Å². The molecule has 3 aromatic carbocycles. The number of rotatable bonds is 9. The van der Waals surface area contributed by atoms with Crippen molar-refractivity contribution in [3.05, 3.63) is 89.5 Å². The van der Waals surface area contributed by atoms with Gasteiger partial charge in [-0.1, -0.05) is 42.5 Å². The van der Waals surface area contributed by atoms with Crippen LogP contribution in [0.15, 0.2) is 72.8 Å². The number of carbonyl (C=O) groups excluding carboxylic acids is 2. The highest BCUT2D eigenvalue weighted by atomic mass is 16.8. The van der Waals surface area contributed by atoms with Crippen LogP contribution < -0.4 is 9.47 Å². The van der Waals surface area contributed by atoms with E-state index in [1.165, 1.54) is 37.3 Å². The van der Waals surface area contributed by atoms with Crippen molar-refractivity contribution in [1.82, 2.24) is 0 Å². The fourth-order valence-electron chi connectivity index (χ4n) is 6.00. The number of benzene rings is 3. The van der Waals surface area contributed by atoms with Gasteiger partial charge >= 0.3 is 5.97 Å². The molecule has 3 aromatic rings. The molecule has 0 aliphatic carbocycles. The zero-order valence-electron chi connectivity index (χ0n) is 27.2. The van der Waals surface area contributed by atoms with Crippen LogP contribution in [0, 0.1) is 0 Å². The second-order valence-electron chi connectivity index (χ2n) is 12.4. The monoisotopic (exact) mass is 710 g/mol. The number of carbonyl (C=O) groups is 2. The summed E-state index contributed by atoms with van der Waals surface area (Å²) in [5.74, 6) is -1.84. The van der Waals surface area contributed by atoms with E-state index in [1.54, 1.807) is 36.4 Å². The lowest BCUT2D eigenvalue weighted by Gasteiger charge is -2.45. The number of hydrogen-bond acceptors (Lipinski definition) is 15. The van der Waals surface area contributed by atoms with Crippen LogP contribution in [0.1, 0.15) is 40.9 Å². The largest absolute Gasteiger partial charge is 0.508 e. The predicted octanol–water partition coefficient (Wildman–Crippen LogP) is 1.10. The summed E-state index contributed by atoms with van der Waals surface area (Å²) in [6, 6.07) is 17.4. The molecule has 3 aliphatic heterocycles. The number of aliphatic hydroxyl groups is 5. The molecule has 0 spiro atoms. The molecular weight excluding hydrogens is 672 g/mol. The molecule has 2 fully saturated rings. The van der Waals surface area contributed by atoms with E-state index >= 15 is 0 Å². The van der Waals surface area contributed by atoms with Crippen LogP contribution in [0.25, 0.3) is 6.08 Å². The summed E-state index contributed by atoms with van der Waals surface area (Å²) in [5, 5.41) is 73.8. The maximum absolute atomic E-state index is 13.1. The molecule has 272 valence electrons. The summed E-state index contributed by atoms with van der Waals surface area (Å²) in [6.45, 7) is 0.876. The Morgan fingerprint density at radius 3 is 2.31 bits per heavy atom. The number of phenols is 2. The van der Waals surface area contributed by atoms with Gasteiger partial charge in [-0.2, -0.15) is 0 Å². The number of fused-ring (bicyclic) bond motifs is 1. The Hall–Kier alpha value is -4.58. The van der Waals surface area contributed by atoms with Crippen molar-refractivity contribution in [2.24, 2.45) is 0 Å². The smallest absolute Gasteiger partial charge is 0.330 e. The third-order valence-electron chi connectivity index (χ3n) is 8.84. The van der Waals surface area contributed by atoms with Crippen LogP contribution >= 0.6 is 0 Å². The van der Waals surface area contributed by atoms with Crippen molar-refractivity contribution in [2.45, 2.75) is 80.9 Å². The third-order valence-corrected chi connectivity index (χ3v) is 8.84. The molecule has 0 saturated carbocycles. The van der Waals surface area contributed by atoms with Crippen LogP contribution in [0.4, 0.5) is 0 Å². The zero-order valence-corrected chi connectivity index (χ0v) is 27.2. The summed E-state index contributed by atoms with van der Waals surface area (Å²) in [4.78, 5) is 25.5. The number of esters is 1. The molecule has 2 saturated heterocycles. The minimum Gasteiger partial charge on any atom is -0.508 e. The van der Waals surface area contributed by atoms with E-state index in [-0.39, 0.29) is 29.2 Å². The van der Waals surface area contributed by atoms with Crippen molar-refractivity contribution < 1.29 is 73.8 Å². The average molecular weight is 711 g/mol. The second-order valence-corrected chi connectivity index (χ2v) is 12.4. The zero-order chi connectivity index (χ0) is 36.4. The number of Topliss-reactive ketones (excluding diaryl/α,β-unsaturated/α-hetero) is 1. The lowest BCUT2D eigenvalue weighted by Crippen LogP contribution is -2.64. The minimum absolute atomic E-state index is 0.0224.